The summed E-state index contributed by atoms with van der Waals surface area (Å²) in [6.45, 7) is 0. The zero-order valence-electron chi connectivity index (χ0n) is 9.80. The van der Waals surface area contributed by atoms with Crippen LogP contribution in [0.2, 0.25) is 0 Å². The molecule has 0 spiro atoms. The second-order valence-corrected chi connectivity index (χ2v) is 3.52. The maximum Gasteiger partial charge on any atom is 0.493 e. The zero-order valence-corrected chi connectivity index (χ0v) is 9.80. The van der Waals surface area contributed by atoms with E-state index in [1.807, 2.05) is 0 Å². The number of hydrogen-bond donors (Lipinski definition) is 2. The van der Waals surface area contributed by atoms with Crippen molar-refractivity contribution in [1.29, 1.82) is 0 Å². The molecule has 0 aliphatic carbocycles. The van der Waals surface area contributed by atoms with Crippen molar-refractivity contribution in [3.05, 3.63) is 29.8 Å². The van der Waals surface area contributed by atoms with Crippen molar-refractivity contribution in [2.75, 3.05) is 5.32 Å². The average molecular weight is 316 g/mol. The lowest BCUT2D eigenvalue weighted by Crippen LogP contribution is -2.36. The molecule has 1 aromatic rings. The van der Waals surface area contributed by atoms with Crippen molar-refractivity contribution < 1.29 is 40.8 Å². The van der Waals surface area contributed by atoms with Crippen LogP contribution in [-0.4, -0.2) is 18.2 Å². The van der Waals surface area contributed by atoms with Crippen LogP contribution in [0.1, 0.15) is 5.56 Å². The first-order valence-electron chi connectivity index (χ1n) is 5.02. The first-order valence-corrected chi connectivity index (χ1v) is 5.02. The second-order valence-electron chi connectivity index (χ2n) is 3.52. The molecule has 0 aromatic heterocycles. The van der Waals surface area contributed by atoms with E-state index in [0.717, 1.165) is 23.7 Å². The summed E-state index contributed by atoms with van der Waals surface area (Å²) in [6, 6.07) is 1.85. The predicted octanol–water partition coefficient (Wildman–Crippen LogP) is 2.85. The van der Waals surface area contributed by atoms with Crippen LogP contribution in [0.5, 0.6) is 0 Å². The number of alkyl halides is 6. The summed E-state index contributed by atoms with van der Waals surface area (Å²) in [5.74, 6) is -2.68. The van der Waals surface area contributed by atoms with E-state index in [1.165, 1.54) is 0 Å². The molecule has 0 saturated heterocycles. The highest BCUT2D eigenvalue weighted by Gasteiger charge is 2.42. The van der Waals surface area contributed by atoms with E-state index in [4.69, 9.17) is 0 Å². The summed E-state index contributed by atoms with van der Waals surface area (Å²) in [5.41, 5.74) is -0.338. The van der Waals surface area contributed by atoms with Crippen molar-refractivity contribution in [1.82, 2.24) is 5.48 Å². The van der Waals surface area contributed by atoms with Crippen LogP contribution >= 0.6 is 0 Å². The van der Waals surface area contributed by atoms with Crippen molar-refractivity contribution in [3.8, 4) is 0 Å². The van der Waals surface area contributed by atoms with Crippen molar-refractivity contribution in [3.63, 3.8) is 0 Å². The Morgan fingerprint density at radius 3 is 2.19 bits per heavy atom. The Kier molecular flexibility index (Phi) is 4.66. The molecule has 0 unspecified atom stereocenters. The number of amides is 2. The molecule has 0 atom stereocenters. The predicted molar refractivity (Wildman–Crippen MR) is 55.7 cm³/mol. The summed E-state index contributed by atoms with van der Waals surface area (Å²) >= 11 is 0. The van der Waals surface area contributed by atoms with E-state index < -0.39 is 29.9 Å². The van der Waals surface area contributed by atoms with Gasteiger partial charge < -0.3 is 10.2 Å². The highest BCUT2D eigenvalue weighted by molar-refractivity contribution is 5.89. The first-order chi connectivity index (χ1) is 9.50. The van der Waals surface area contributed by atoms with E-state index in [-0.39, 0.29) is 5.69 Å². The Bertz CT molecular complexity index is 540. The van der Waals surface area contributed by atoms with E-state index in [2.05, 4.69) is 4.84 Å². The molecule has 0 saturated carbocycles. The number of carbonyl (C=O) groups excluding carboxylic acids is 2. The molecule has 2 N–H and O–H groups in total. The van der Waals surface area contributed by atoms with E-state index in [9.17, 15) is 35.9 Å². The highest BCUT2D eigenvalue weighted by Crippen LogP contribution is 2.30. The van der Waals surface area contributed by atoms with Gasteiger partial charge in [0, 0.05) is 5.69 Å². The van der Waals surface area contributed by atoms with Gasteiger partial charge in [-0.1, -0.05) is 6.07 Å². The van der Waals surface area contributed by atoms with Crippen LogP contribution in [0, 0.1) is 0 Å². The molecule has 0 radical (unpaired) electrons. The lowest BCUT2D eigenvalue weighted by molar-refractivity contribution is -0.204. The van der Waals surface area contributed by atoms with Crippen LogP contribution in [-0.2, 0) is 15.8 Å². The topological polar surface area (TPSA) is 67.4 Å². The minimum absolute atomic E-state index is 0.356. The van der Waals surface area contributed by atoms with Crippen LogP contribution < -0.4 is 10.8 Å². The first kappa shape index (κ1) is 16.6. The molecule has 1 aromatic carbocycles. The lowest BCUT2D eigenvalue weighted by atomic mass is 10.2. The lowest BCUT2D eigenvalue weighted by Gasteiger charge is -2.11. The summed E-state index contributed by atoms with van der Waals surface area (Å²) < 4.78 is 72.3. The SMILES string of the molecule is O=C(NOC(=O)C(F)(F)F)Nc1cccc(C(F)(F)F)c1. The molecule has 0 heterocycles. The number of benzene rings is 1. The molecule has 2 amide bonds. The van der Waals surface area contributed by atoms with Gasteiger partial charge in [-0.15, -0.1) is 0 Å². The van der Waals surface area contributed by atoms with Gasteiger partial charge in [0.25, 0.3) is 0 Å². The monoisotopic (exact) mass is 316 g/mol. The zero-order chi connectivity index (χ0) is 16.3. The van der Waals surface area contributed by atoms with Gasteiger partial charge in [-0.05, 0) is 18.2 Å². The van der Waals surface area contributed by atoms with Crippen LogP contribution in [0.15, 0.2) is 24.3 Å². The number of urea groups is 1. The van der Waals surface area contributed by atoms with Crippen LogP contribution in [0.3, 0.4) is 0 Å². The number of carbonyl (C=O) groups is 2. The fraction of sp³-hybridized carbons (Fsp3) is 0.200. The van der Waals surface area contributed by atoms with Gasteiger partial charge in [0.1, 0.15) is 0 Å². The number of halogens is 6. The van der Waals surface area contributed by atoms with Crippen molar-refractivity contribution in [2.45, 2.75) is 12.4 Å². The summed E-state index contributed by atoms with van der Waals surface area (Å²) in [5, 5.41) is 1.77. The van der Waals surface area contributed by atoms with Gasteiger partial charge in [0.05, 0.1) is 5.56 Å². The summed E-state index contributed by atoms with van der Waals surface area (Å²) in [7, 11) is 0. The molecule has 1 rings (SSSR count). The summed E-state index contributed by atoms with van der Waals surface area (Å²) in [6.07, 6.45) is -9.97. The van der Waals surface area contributed by atoms with E-state index in [1.54, 1.807) is 5.32 Å². The molecule has 116 valence electrons. The van der Waals surface area contributed by atoms with E-state index in [0.29, 0.717) is 6.07 Å². The minimum atomic E-state index is -5.32. The number of hydrogen-bond acceptors (Lipinski definition) is 3. The fourth-order valence-corrected chi connectivity index (χ4v) is 1.08. The third-order valence-corrected chi connectivity index (χ3v) is 1.92. The molecule has 5 nitrogen and oxygen atoms in total. The third-order valence-electron chi connectivity index (χ3n) is 1.92. The molecule has 0 aliphatic rings. The molecular formula is C10H6F6N2O3. The molecular weight excluding hydrogens is 310 g/mol. The highest BCUT2D eigenvalue weighted by atomic mass is 19.4. The van der Waals surface area contributed by atoms with Gasteiger partial charge in [0.2, 0.25) is 0 Å². The Labute approximate surface area is 112 Å². The Morgan fingerprint density at radius 2 is 1.67 bits per heavy atom. The second kappa shape index (κ2) is 5.89. The molecule has 0 fully saturated rings. The maximum atomic E-state index is 12.4. The van der Waals surface area contributed by atoms with E-state index >= 15 is 0 Å². The minimum Gasteiger partial charge on any atom is -0.331 e. The van der Waals surface area contributed by atoms with Crippen molar-refractivity contribution in [2.24, 2.45) is 0 Å². The standard InChI is InChI=1S/C10H6F6N2O3/c11-9(12,13)5-2-1-3-6(4-5)17-8(20)18-21-7(19)10(14,15)16/h1-4H,(H2,17,18,20). The number of anilines is 1. The maximum absolute atomic E-state index is 12.4. The third kappa shape index (κ3) is 5.20. The van der Waals surface area contributed by atoms with Crippen LogP contribution in [0.4, 0.5) is 36.8 Å². The van der Waals surface area contributed by atoms with Gasteiger partial charge in [-0.25, -0.2) is 9.59 Å². The fourth-order valence-electron chi connectivity index (χ4n) is 1.08. The Hall–Kier alpha value is -2.46. The smallest absolute Gasteiger partial charge is 0.331 e. The van der Waals surface area contributed by atoms with Crippen molar-refractivity contribution >= 4 is 17.7 Å². The molecule has 0 aliphatic heterocycles. The number of nitrogens with one attached hydrogen (secondary N) is 2. The Balaban J connectivity index is 2.62. The Morgan fingerprint density at radius 1 is 1.05 bits per heavy atom. The molecule has 21 heavy (non-hydrogen) atoms. The van der Waals surface area contributed by atoms with Gasteiger partial charge in [0.15, 0.2) is 0 Å². The largest absolute Gasteiger partial charge is 0.493 e. The van der Waals surface area contributed by atoms with Gasteiger partial charge >= 0.3 is 24.4 Å². The quantitative estimate of drug-likeness (QED) is 0.618. The number of rotatable bonds is 1. The van der Waals surface area contributed by atoms with Crippen LogP contribution in [0.25, 0.3) is 0 Å². The molecule has 11 heteroatoms. The molecule has 0 bridgehead atoms. The normalized spacial score (nSPS) is 11.7. The summed E-state index contributed by atoms with van der Waals surface area (Å²) in [4.78, 5) is 24.7. The number of hydroxylamine groups is 1. The van der Waals surface area contributed by atoms with Gasteiger partial charge in [-0.3, -0.25) is 0 Å². The van der Waals surface area contributed by atoms with Gasteiger partial charge in [-0.2, -0.15) is 31.8 Å². The average Bonchev–Trinajstić information content (AvgIpc) is 2.34.